The molecule has 3 unspecified atom stereocenters. The molecule has 4 aliphatic rings. The summed E-state index contributed by atoms with van der Waals surface area (Å²) in [6, 6.07) is 5.60. The number of hydrogen-bond donors (Lipinski definition) is 2. The average Bonchev–Trinajstić information content (AvgIpc) is 3.27. The molecule has 2 bridgehead atoms. The molecule has 0 spiro atoms. The van der Waals surface area contributed by atoms with Gasteiger partial charge in [-0.2, -0.15) is 0 Å². The Labute approximate surface area is 212 Å². The minimum atomic E-state index is -0.937. The first kappa shape index (κ1) is 22.5. The molecule has 4 aliphatic heterocycles. The van der Waals surface area contributed by atoms with Crippen LogP contribution in [0.3, 0.4) is 0 Å². The van der Waals surface area contributed by atoms with Gasteiger partial charge in [0.05, 0.1) is 30.7 Å². The molecule has 0 radical (unpaired) electrons. The van der Waals surface area contributed by atoms with E-state index in [9.17, 15) is 18.7 Å². The molecule has 2 N–H and O–H groups in total. The van der Waals surface area contributed by atoms with Crippen molar-refractivity contribution in [3.05, 3.63) is 47.2 Å². The Bertz CT molecular complexity index is 1480. The molecule has 192 valence electrons. The molecule has 3 aromatic rings. The zero-order valence-corrected chi connectivity index (χ0v) is 20.6. The summed E-state index contributed by atoms with van der Waals surface area (Å²) in [6.07, 6.45) is 2.59. The van der Waals surface area contributed by atoms with Crippen molar-refractivity contribution >= 4 is 33.7 Å². The van der Waals surface area contributed by atoms with Gasteiger partial charge in [0.25, 0.3) is 5.91 Å². The van der Waals surface area contributed by atoms with E-state index in [1.807, 2.05) is 4.90 Å². The summed E-state index contributed by atoms with van der Waals surface area (Å²) < 4.78 is 34.8. The number of pyridine rings is 1. The number of phenolic OH excluding ortho intramolecular Hbond substituents is 1. The van der Waals surface area contributed by atoms with Gasteiger partial charge in [-0.05, 0) is 36.8 Å². The van der Waals surface area contributed by atoms with Gasteiger partial charge in [-0.3, -0.25) is 4.79 Å². The fourth-order valence-corrected chi connectivity index (χ4v) is 6.75. The van der Waals surface area contributed by atoms with Crippen molar-refractivity contribution in [2.24, 2.45) is 0 Å². The van der Waals surface area contributed by atoms with Gasteiger partial charge in [-0.15, -0.1) is 0 Å². The van der Waals surface area contributed by atoms with E-state index >= 15 is 0 Å². The summed E-state index contributed by atoms with van der Waals surface area (Å²) in [4.78, 5) is 24.1. The van der Waals surface area contributed by atoms with Crippen LogP contribution in [0.25, 0.3) is 10.8 Å². The van der Waals surface area contributed by atoms with Crippen LogP contribution in [0.1, 0.15) is 24.1 Å². The lowest BCUT2D eigenvalue weighted by molar-refractivity contribution is -0.120. The fraction of sp³-hybridized carbons (Fsp3) is 0.407. The number of amides is 1. The number of nitrogens with one attached hydrogen (secondary N) is 1. The molecule has 0 saturated carbocycles. The number of methoxy groups -OCH3 is 1. The van der Waals surface area contributed by atoms with E-state index in [-0.39, 0.29) is 29.1 Å². The third-order valence-corrected chi connectivity index (χ3v) is 8.39. The number of hydrogen-bond acceptors (Lipinski definition) is 7. The lowest BCUT2D eigenvalue weighted by Crippen LogP contribution is -2.66. The highest BCUT2D eigenvalue weighted by atomic mass is 19.2. The number of aromatic nitrogens is 1. The molecule has 0 aliphatic carbocycles. The van der Waals surface area contributed by atoms with E-state index in [2.05, 4.69) is 10.2 Å². The van der Waals surface area contributed by atoms with Crippen molar-refractivity contribution in [1.82, 2.24) is 10.3 Å². The van der Waals surface area contributed by atoms with Crippen molar-refractivity contribution in [3.8, 4) is 11.6 Å². The van der Waals surface area contributed by atoms with Crippen molar-refractivity contribution < 1.29 is 23.4 Å². The molecular weight excluding hydrogens is 480 g/mol. The number of benzene rings is 2. The van der Waals surface area contributed by atoms with Crippen molar-refractivity contribution in [2.75, 3.05) is 41.9 Å². The summed E-state index contributed by atoms with van der Waals surface area (Å²) in [5, 5.41) is 14.5. The van der Waals surface area contributed by atoms with Gasteiger partial charge in [0.15, 0.2) is 11.6 Å². The first-order valence-electron chi connectivity index (χ1n) is 12.6. The lowest BCUT2D eigenvalue weighted by Gasteiger charge is -2.49. The number of fused-ring (bicyclic) bond motifs is 9. The third kappa shape index (κ3) is 3.14. The number of anilines is 3. The predicted molar refractivity (Wildman–Crippen MR) is 136 cm³/mol. The van der Waals surface area contributed by atoms with E-state index in [4.69, 9.17) is 9.72 Å². The number of nitrogens with zero attached hydrogens (tertiary/aromatic N) is 4. The SMILES string of the molecule is COc1nc2c(c3c1N(C)C(=O)C1C4CCC(CN31)N4)CCN(c1cc(O)cc3ccc(F)c(F)c13)C2. The predicted octanol–water partition coefficient (Wildman–Crippen LogP) is 3.08. The van der Waals surface area contributed by atoms with Gasteiger partial charge in [-0.1, -0.05) is 6.07 Å². The minimum Gasteiger partial charge on any atom is -0.508 e. The summed E-state index contributed by atoms with van der Waals surface area (Å²) in [5.74, 6) is -1.48. The molecular formula is C27H27F2N5O3. The van der Waals surface area contributed by atoms with Crippen LogP contribution in [-0.4, -0.2) is 61.4 Å². The zero-order valence-electron chi connectivity index (χ0n) is 20.6. The number of carbonyl (C=O) groups excluding carboxylic acids is 1. The second-order valence-electron chi connectivity index (χ2n) is 10.4. The summed E-state index contributed by atoms with van der Waals surface area (Å²) in [6.45, 7) is 1.58. The van der Waals surface area contributed by atoms with E-state index in [0.29, 0.717) is 48.2 Å². The maximum atomic E-state index is 15.0. The van der Waals surface area contributed by atoms with Gasteiger partial charge < -0.3 is 29.9 Å². The Morgan fingerprint density at radius 2 is 2.03 bits per heavy atom. The fourth-order valence-electron chi connectivity index (χ4n) is 6.75. The Kier molecular flexibility index (Phi) is 4.82. The lowest BCUT2D eigenvalue weighted by atomic mass is 9.93. The van der Waals surface area contributed by atoms with Gasteiger partial charge in [0, 0.05) is 49.2 Å². The van der Waals surface area contributed by atoms with Crippen LogP contribution >= 0.6 is 0 Å². The topological polar surface area (TPSA) is 81.2 Å². The third-order valence-electron chi connectivity index (χ3n) is 8.39. The molecule has 10 heteroatoms. The number of phenols is 1. The molecule has 37 heavy (non-hydrogen) atoms. The molecule has 5 heterocycles. The Morgan fingerprint density at radius 1 is 1.19 bits per heavy atom. The number of likely N-dealkylation sites (N-methyl/N-ethyl adjacent to an activating group) is 1. The number of halogens is 2. The molecule has 3 atom stereocenters. The number of carbonyl (C=O) groups is 1. The van der Waals surface area contributed by atoms with Gasteiger partial charge in [-0.25, -0.2) is 13.8 Å². The largest absolute Gasteiger partial charge is 0.508 e. The number of rotatable bonds is 2. The van der Waals surface area contributed by atoms with Crippen LogP contribution in [-0.2, 0) is 17.8 Å². The van der Waals surface area contributed by atoms with E-state index in [0.717, 1.165) is 42.4 Å². The zero-order chi connectivity index (χ0) is 25.6. The minimum absolute atomic E-state index is 0.0189. The highest BCUT2D eigenvalue weighted by Crippen LogP contribution is 2.49. The number of ether oxygens (including phenoxy) is 1. The molecule has 1 amide bonds. The van der Waals surface area contributed by atoms with E-state index in [1.165, 1.54) is 18.2 Å². The van der Waals surface area contributed by atoms with E-state index in [1.54, 1.807) is 19.1 Å². The molecule has 1 aromatic heterocycles. The van der Waals surface area contributed by atoms with E-state index < -0.39 is 11.6 Å². The highest BCUT2D eigenvalue weighted by Gasteiger charge is 2.50. The smallest absolute Gasteiger partial charge is 0.251 e. The Hall–Kier alpha value is -3.66. The first-order valence-corrected chi connectivity index (χ1v) is 12.6. The van der Waals surface area contributed by atoms with Crippen LogP contribution in [0.5, 0.6) is 11.6 Å². The average molecular weight is 508 g/mol. The summed E-state index contributed by atoms with van der Waals surface area (Å²) in [7, 11) is 3.32. The van der Waals surface area contributed by atoms with Crippen LogP contribution < -0.4 is 24.8 Å². The highest BCUT2D eigenvalue weighted by molar-refractivity contribution is 6.08. The molecule has 2 aromatic carbocycles. The maximum Gasteiger partial charge on any atom is 0.251 e. The standard InChI is InChI=1S/C27H27F2N5O3/c1-32-25-23(34-11-14-4-6-18(30-14)24(34)27(32)36)16-7-8-33(12-19(16)31-26(25)37-2)20-10-15(35)9-13-3-5-17(28)22(29)21(13)20/h3,5,9-10,14,18,24,30,35H,4,6-8,11-12H2,1-2H3. The quantitative estimate of drug-likeness (QED) is 0.552. The second kappa shape index (κ2) is 7.92. The first-order chi connectivity index (χ1) is 17.9. The van der Waals surface area contributed by atoms with Crippen LogP contribution in [0, 0.1) is 11.6 Å². The molecule has 2 saturated heterocycles. The molecule has 7 rings (SSSR count). The molecule has 8 nitrogen and oxygen atoms in total. The van der Waals surface area contributed by atoms with Gasteiger partial charge in [0.1, 0.15) is 17.5 Å². The molecule has 2 fully saturated rings. The monoisotopic (exact) mass is 507 g/mol. The van der Waals surface area contributed by atoms with Gasteiger partial charge in [0.2, 0.25) is 5.88 Å². The Morgan fingerprint density at radius 3 is 2.84 bits per heavy atom. The number of aromatic hydroxyl groups is 1. The van der Waals surface area contributed by atoms with Crippen LogP contribution in [0.15, 0.2) is 24.3 Å². The van der Waals surface area contributed by atoms with Crippen LogP contribution in [0.4, 0.5) is 25.8 Å². The van der Waals surface area contributed by atoms with Crippen molar-refractivity contribution in [1.29, 1.82) is 0 Å². The Balaban J connectivity index is 1.37. The van der Waals surface area contributed by atoms with Crippen molar-refractivity contribution in [2.45, 2.75) is 43.9 Å². The maximum absolute atomic E-state index is 15.0. The van der Waals surface area contributed by atoms with Crippen molar-refractivity contribution in [3.63, 3.8) is 0 Å². The number of piperazine rings is 1. The second-order valence-corrected chi connectivity index (χ2v) is 10.4. The summed E-state index contributed by atoms with van der Waals surface area (Å²) in [5.41, 5.74) is 3.91. The summed E-state index contributed by atoms with van der Waals surface area (Å²) >= 11 is 0. The van der Waals surface area contributed by atoms with Gasteiger partial charge >= 0.3 is 0 Å². The van der Waals surface area contributed by atoms with Crippen LogP contribution in [0.2, 0.25) is 0 Å². The normalized spacial score (nSPS) is 24.3.